The zero-order chi connectivity index (χ0) is 16.4. The zero-order valence-corrected chi connectivity index (χ0v) is 15.8. The van der Waals surface area contributed by atoms with Crippen LogP contribution >= 0.6 is 31.9 Å². The Balaban J connectivity index is 1.89. The van der Waals surface area contributed by atoms with E-state index in [9.17, 15) is 9.60 Å². The Bertz CT molecular complexity index is 583. The molecule has 1 atom stereocenters. The standard InChI is InChI=1S/C16H19Br2FN2O2/c17-12-9-11(19)10-13(18)16(12)21(22)15-4-2-1-3-14(15)20-5-7-23-8-6-20/h3,9-10,15,22H,1-2,4-8H2/t15-/m0/s1. The van der Waals surface area contributed by atoms with Gasteiger partial charge in [0.2, 0.25) is 0 Å². The first-order valence-electron chi connectivity index (χ1n) is 7.73. The zero-order valence-electron chi connectivity index (χ0n) is 12.6. The van der Waals surface area contributed by atoms with Gasteiger partial charge in [-0.3, -0.25) is 5.21 Å². The van der Waals surface area contributed by atoms with Crippen molar-refractivity contribution in [2.75, 3.05) is 31.4 Å². The highest BCUT2D eigenvalue weighted by Gasteiger charge is 2.30. The van der Waals surface area contributed by atoms with Crippen molar-refractivity contribution in [2.45, 2.75) is 25.3 Å². The first-order valence-corrected chi connectivity index (χ1v) is 9.32. The van der Waals surface area contributed by atoms with E-state index in [4.69, 9.17) is 4.74 Å². The summed E-state index contributed by atoms with van der Waals surface area (Å²) in [5.74, 6) is -0.353. The van der Waals surface area contributed by atoms with Gasteiger partial charge in [0.25, 0.3) is 0 Å². The van der Waals surface area contributed by atoms with Gasteiger partial charge in [0.15, 0.2) is 0 Å². The molecule has 1 aromatic rings. The largest absolute Gasteiger partial charge is 0.378 e. The highest BCUT2D eigenvalue weighted by Crippen LogP contribution is 2.38. The number of rotatable bonds is 3. The molecule has 1 fully saturated rings. The highest BCUT2D eigenvalue weighted by atomic mass is 79.9. The van der Waals surface area contributed by atoms with Crippen LogP contribution in [-0.2, 0) is 4.74 Å². The fourth-order valence-corrected chi connectivity index (χ4v) is 4.66. The molecule has 0 bridgehead atoms. The summed E-state index contributed by atoms with van der Waals surface area (Å²) < 4.78 is 20.0. The lowest BCUT2D eigenvalue weighted by Gasteiger charge is -2.40. The van der Waals surface area contributed by atoms with E-state index < -0.39 is 0 Å². The number of benzene rings is 1. The second-order valence-electron chi connectivity index (χ2n) is 5.74. The van der Waals surface area contributed by atoms with Gasteiger partial charge < -0.3 is 9.64 Å². The topological polar surface area (TPSA) is 35.9 Å². The average molecular weight is 450 g/mol. The lowest BCUT2D eigenvalue weighted by Crippen LogP contribution is -2.46. The van der Waals surface area contributed by atoms with E-state index >= 15 is 0 Å². The summed E-state index contributed by atoms with van der Waals surface area (Å²) in [6, 6.07) is 2.59. The van der Waals surface area contributed by atoms with Crippen molar-refractivity contribution in [3.63, 3.8) is 0 Å². The fourth-order valence-electron chi connectivity index (χ4n) is 3.16. The van der Waals surface area contributed by atoms with Crippen molar-refractivity contribution in [3.05, 3.63) is 38.7 Å². The van der Waals surface area contributed by atoms with Crippen LogP contribution in [0.15, 0.2) is 32.9 Å². The van der Waals surface area contributed by atoms with Gasteiger partial charge in [-0.05, 0) is 63.3 Å². The van der Waals surface area contributed by atoms with E-state index in [1.54, 1.807) is 0 Å². The summed E-state index contributed by atoms with van der Waals surface area (Å²) in [4.78, 5) is 2.28. The van der Waals surface area contributed by atoms with Gasteiger partial charge in [-0.25, -0.2) is 9.45 Å². The van der Waals surface area contributed by atoms with Gasteiger partial charge in [-0.15, -0.1) is 0 Å². The summed E-state index contributed by atoms with van der Waals surface area (Å²) in [7, 11) is 0. The van der Waals surface area contributed by atoms with Crippen molar-refractivity contribution in [3.8, 4) is 0 Å². The van der Waals surface area contributed by atoms with Crippen LogP contribution in [-0.4, -0.2) is 42.5 Å². The molecule has 23 heavy (non-hydrogen) atoms. The normalized spacial score (nSPS) is 22.0. The van der Waals surface area contributed by atoms with Crippen LogP contribution in [0.5, 0.6) is 0 Å². The second kappa shape index (κ2) is 7.51. The molecule has 1 aromatic carbocycles. The first kappa shape index (κ1) is 17.2. The molecule has 1 aliphatic carbocycles. The molecular formula is C16H19Br2FN2O2. The predicted octanol–water partition coefficient (Wildman–Crippen LogP) is 4.31. The smallest absolute Gasteiger partial charge is 0.125 e. The molecule has 1 aliphatic heterocycles. The highest BCUT2D eigenvalue weighted by molar-refractivity contribution is 9.11. The van der Waals surface area contributed by atoms with Gasteiger partial charge in [-0.1, -0.05) is 6.08 Å². The Labute approximate surface area is 152 Å². The number of ether oxygens (including phenoxy) is 1. The molecule has 3 rings (SSSR count). The van der Waals surface area contributed by atoms with Crippen molar-refractivity contribution < 1.29 is 14.3 Å². The van der Waals surface area contributed by atoms with Crippen molar-refractivity contribution in [2.24, 2.45) is 0 Å². The number of morpholine rings is 1. The molecule has 2 aliphatic rings. The maximum absolute atomic E-state index is 13.5. The molecule has 0 aromatic heterocycles. The number of nitrogens with zero attached hydrogens (tertiary/aromatic N) is 2. The molecule has 126 valence electrons. The molecule has 7 heteroatoms. The van der Waals surface area contributed by atoms with Crippen molar-refractivity contribution in [1.29, 1.82) is 0 Å². The van der Waals surface area contributed by atoms with Crippen LogP contribution in [0.25, 0.3) is 0 Å². The molecule has 1 saturated heterocycles. The number of anilines is 1. The molecule has 0 spiro atoms. The number of allylic oxidation sites excluding steroid dienone is 1. The number of hydroxylamine groups is 1. The molecule has 0 saturated carbocycles. The fraction of sp³-hybridized carbons (Fsp3) is 0.500. The summed E-state index contributed by atoms with van der Waals surface area (Å²) in [5.41, 5.74) is 1.68. The number of halogens is 3. The average Bonchev–Trinajstić information content (AvgIpc) is 2.54. The Hall–Kier alpha value is -0.630. The van der Waals surface area contributed by atoms with Crippen LogP contribution in [0.3, 0.4) is 0 Å². The third-order valence-corrected chi connectivity index (χ3v) is 5.47. The van der Waals surface area contributed by atoms with E-state index in [0.29, 0.717) is 27.8 Å². The Morgan fingerprint density at radius 1 is 1.22 bits per heavy atom. The summed E-state index contributed by atoms with van der Waals surface area (Å²) in [6.45, 7) is 3.09. The van der Waals surface area contributed by atoms with Gasteiger partial charge >= 0.3 is 0 Å². The van der Waals surface area contributed by atoms with E-state index in [1.165, 1.54) is 17.2 Å². The Morgan fingerprint density at radius 2 is 1.87 bits per heavy atom. The minimum Gasteiger partial charge on any atom is -0.378 e. The second-order valence-corrected chi connectivity index (χ2v) is 7.45. The summed E-state index contributed by atoms with van der Waals surface area (Å²) in [6.07, 6.45) is 5.10. The molecule has 1 heterocycles. The van der Waals surface area contributed by atoms with Gasteiger partial charge in [-0.2, -0.15) is 0 Å². The minimum atomic E-state index is -0.353. The Kier molecular flexibility index (Phi) is 5.61. The number of hydrogen-bond acceptors (Lipinski definition) is 4. The van der Waals surface area contributed by atoms with Crippen molar-refractivity contribution in [1.82, 2.24) is 4.90 Å². The quantitative estimate of drug-likeness (QED) is 0.697. The summed E-state index contributed by atoms with van der Waals surface area (Å²) >= 11 is 6.71. The molecule has 0 amide bonds. The van der Waals surface area contributed by atoms with E-state index in [0.717, 1.165) is 38.0 Å². The lowest BCUT2D eigenvalue weighted by molar-refractivity contribution is 0.0463. The van der Waals surface area contributed by atoms with E-state index in [-0.39, 0.29) is 11.9 Å². The molecular weight excluding hydrogens is 431 g/mol. The van der Waals surface area contributed by atoms with Crippen LogP contribution in [0.2, 0.25) is 0 Å². The third kappa shape index (κ3) is 3.73. The minimum absolute atomic E-state index is 0.139. The molecule has 1 N–H and O–H groups in total. The van der Waals surface area contributed by atoms with Crippen LogP contribution < -0.4 is 5.06 Å². The van der Waals surface area contributed by atoms with Crippen LogP contribution in [0.1, 0.15) is 19.3 Å². The Morgan fingerprint density at radius 3 is 2.52 bits per heavy atom. The van der Waals surface area contributed by atoms with E-state index in [2.05, 4.69) is 42.8 Å². The maximum Gasteiger partial charge on any atom is 0.125 e. The van der Waals surface area contributed by atoms with Gasteiger partial charge in [0.05, 0.1) is 24.9 Å². The molecule has 0 radical (unpaired) electrons. The number of hydrogen-bond donors (Lipinski definition) is 1. The van der Waals surface area contributed by atoms with Crippen LogP contribution in [0, 0.1) is 5.82 Å². The first-order chi connectivity index (χ1) is 11.1. The lowest BCUT2D eigenvalue weighted by atomic mass is 9.97. The van der Waals surface area contributed by atoms with Crippen molar-refractivity contribution >= 4 is 37.5 Å². The van der Waals surface area contributed by atoms with Crippen LogP contribution in [0.4, 0.5) is 10.1 Å². The third-order valence-electron chi connectivity index (χ3n) is 4.26. The maximum atomic E-state index is 13.5. The van der Waals surface area contributed by atoms with Gasteiger partial charge in [0.1, 0.15) is 5.82 Å². The predicted molar refractivity (Wildman–Crippen MR) is 94.2 cm³/mol. The molecule has 0 unspecified atom stereocenters. The van der Waals surface area contributed by atoms with Gasteiger partial charge in [0, 0.05) is 27.7 Å². The summed E-state index contributed by atoms with van der Waals surface area (Å²) in [5, 5.41) is 12.1. The van der Waals surface area contributed by atoms with E-state index in [1.807, 2.05) is 0 Å². The SMILES string of the molecule is ON(c1c(Br)cc(F)cc1Br)[C@H]1CCCC=C1N1CCOCC1. The molecule has 4 nitrogen and oxygen atoms in total. The monoisotopic (exact) mass is 448 g/mol.